The van der Waals surface area contributed by atoms with E-state index in [0.717, 1.165) is 29.5 Å². The summed E-state index contributed by atoms with van der Waals surface area (Å²) in [5, 5.41) is 7.82. The average molecular weight is 339 g/mol. The summed E-state index contributed by atoms with van der Waals surface area (Å²) in [6.45, 7) is 4.39. The van der Waals surface area contributed by atoms with Crippen LogP contribution in [-0.4, -0.2) is 33.1 Å². The van der Waals surface area contributed by atoms with Crippen LogP contribution < -0.4 is 10.6 Å². The maximum atomic E-state index is 13.9. The second-order valence-electron chi connectivity index (χ2n) is 6.91. The Kier molecular flexibility index (Phi) is 4.13. The van der Waals surface area contributed by atoms with Crippen molar-refractivity contribution in [3.63, 3.8) is 0 Å². The van der Waals surface area contributed by atoms with Crippen LogP contribution in [0.3, 0.4) is 0 Å². The van der Waals surface area contributed by atoms with Gasteiger partial charge in [0.2, 0.25) is 5.95 Å². The number of aromatic nitrogens is 3. The van der Waals surface area contributed by atoms with Crippen molar-refractivity contribution in [2.45, 2.75) is 44.8 Å². The first-order valence-corrected chi connectivity index (χ1v) is 8.72. The lowest BCUT2D eigenvalue weighted by atomic mass is 9.95. The predicted molar refractivity (Wildman–Crippen MR) is 98.0 cm³/mol. The highest BCUT2D eigenvalue weighted by molar-refractivity contribution is 5.94. The number of halogens is 1. The van der Waals surface area contributed by atoms with Crippen LogP contribution in [0.25, 0.3) is 22.2 Å². The summed E-state index contributed by atoms with van der Waals surface area (Å²) >= 11 is 0. The molecule has 130 valence electrons. The molecule has 1 saturated heterocycles. The van der Waals surface area contributed by atoms with E-state index in [0.29, 0.717) is 29.6 Å². The minimum atomic E-state index is -0.256. The molecule has 1 fully saturated rings. The van der Waals surface area contributed by atoms with Crippen molar-refractivity contribution in [3.05, 3.63) is 42.5 Å². The molecule has 1 aromatic carbocycles. The molecule has 2 aromatic heterocycles. The predicted octanol–water partition coefficient (Wildman–Crippen LogP) is 3.70. The third-order valence-corrected chi connectivity index (χ3v) is 4.77. The highest BCUT2D eigenvalue weighted by Crippen LogP contribution is 2.29. The van der Waals surface area contributed by atoms with Crippen LogP contribution in [-0.2, 0) is 0 Å². The molecule has 3 aromatic rings. The summed E-state index contributed by atoms with van der Waals surface area (Å²) in [4.78, 5) is 12.0. The van der Waals surface area contributed by atoms with Crippen molar-refractivity contribution in [2.75, 3.05) is 5.32 Å². The summed E-state index contributed by atoms with van der Waals surface area (Å²) in [6.07, 6.45) is 5.62. The number of rotatable bonds is 3. The van der Waals surface area contributed by atoms with Gasteiger partial charge in [0.1, 0.15) is 5.82 Å². The molecule has 4 rings (SSSR count). The van der Waals surface area contributed by atoms with Crippen molar-refractivity contribution in [2.24, 2.45) is 0 Å². The van der Waals surface area contributed by atoms with Gasteiger partial charge in [0.15, 0.2) is 0 Å². The third kappa shape index (κ3) is 3.22. The molecule has 1 aliphatic heterocycles. The molecule has 0 radical (unpaired) electrons. The zero-order chi connectivity index (χ0) is 17.4. The fourth-order valence-corrected chi connectivity index (χ4v) is 3.78. The Morgan fingerprint density at radius 1 is 1.16 bits per heavy atom. The molecule has 1 aliphatic rings. The maximum absolute atomic E-state index is 13.9. The molecular formula is C19H22FN5. The zero-order valence-corrected chi connectivity index (χ0v) is 14.4. The number of anilines is 1. The minimum Gasteiger partial charge on any atom is -0.358 e. The monoisotopic (exact) mass is 339 g/mol. The van der Waals surface area contributed by atoms with Gasteiger partial charge in [-0.15, -0.1) is 0 Å². The number of nitrogens with one attached hydrogen (secondary N) is 3. The molecule has 0 spiro atoms. The van der Waals surface area contributed by atoms with Gasteiger partial charge in [-0.2, -0.15) is 0 Å². The number of hydrogen-bond donors (Lipinski definition) is 3. The van der Waals surface area contributed by atoms with Crippen LogP contribution in [0.1, 0.15) is 26.7 Å². The number of fused-ring (bicyclic) bond motifs is 1. The van der Waals surface area contributed by atoms with Crippen LogP contribution in [0.2, 0.25) is 0 Å². The number of piperidine rings is 1. The van der Waals surface area contributed by atoms with Gasteiger partial charge >= 0.3 is 0 Å². The fourth-order valence-electron chi connectivity index (χ4n) is 3.78. The lowest BCUT2D eigenvalue weighted by Gasteiger charge is -2.33. The van der Waals surface area contributed by atoms with Crippen LogP contribution >= 0.6 is 0 Å². The first-order chi connectivity index (χ1) is 12.1. The van der Waals surface area contributed by atoms with E-state index in [-0.39, 0.29) is 5.82 Å². The van der Waals surface area contributed by atoms with E-state index in [1.807, 2.05) is 12.1 Å². The van der Waals surface area contributed by atoms with E-state index >= 15 is 0 Å². The van der Waals surface area contributed by atoms with E-state index in [1.165, 1.54) is 6.07 Å². The molecule has 0 aliphatic carbocycles. The number of benzene rings is 1. The summed E-state index contributed by atoms with van der Waals surface area (Å²) in [6, 6.07) is 8.22. The van der Waals surface area contributed by atoms with E-state index in [2.05, 4.69) is 39.4 Å². The van der Waals surface area contributed by atoms with E-state index in [4.69, 9.17) is 0 Å². The van der Waals surface area contributed by atoms with E-state index in [1.54, 1.807) is 18.5 Å². The van der Waals surface area contributed by atoms with E-state index < -0.39 is 0 Å². The molecule has 25 heavy (non-hydrogen) atoms. The van der Waals surface area contributed by atoms with Gasteiger partial charge in [-0.05, 0) is 38.8 Å². The smallest absolute Gasteiger partial charge is 0.223 e. The molecule has 5 nitrogen and oxygen atoms in total. The number of nitrogens with zero attached hydrogens (tertiary/aromatic N) is 2. The van der Waals surface area contributed by atoms with Crippen LogP contribution in [0, 0.1) is 5.82 Å². The van der Waals surface area contributed by atoms with Crippen molar-refractivity contribution >= 4 is 16.9 Å². The Labute approximate surface area is 146 Å². The third-order valence-electron chi connectivity index (χ3n) is 4.77. The number of hydrogen-bond acceptors (Lipinski definition) is 4. The topological polar surface area (TPSA) is 65.6 Å². The van der Waals surface area contributed by atoms with Crippen molar-refractivity contribution in [3.8, 4) is 11.3 Å². The summed E-state index contributed by atoms with van der Waals surface area (Å²) in [5.74, 6) is 0.364. The Morgan fingerprint density at radius 3 is 2.76 bits per heavy atom. The van der Waals surface area contributed by atoms with Gasteiger partial charge in [-0.25, -0.2) is 14.4 Å². The van der Waals surface area contributed by atoms with Gasteiger partial charge < -0.3 is 15.6 Å². The van der Waals surface area contributed by atoms with Crippen LogP contribution in [0.4, 0.5) is 10.3 Å². The Morgan fingerprint density at radius 2 is 1.96 bits per heavy atom. The van der Waals surface area contributed by atoms with Crippen molar-refractivity contribution in [1.29, 1.82) is 0 Å². The van der Waals surface area contributed by atoms with Crippen molar-refractivity contribution in [1.82, 2.24) is 20.3 Å². The summed E-state index contributed by atoms with van der Waals surface area (Å²) < 4.78 is 13.9. The van der Waals surface area contributed by atoms with Gasteiger partial charge in [0.25, 0.3) is 0 Å². The van der Waals surface area contributed by atoms with Crippen molar-refractivity contribution < 1.29 is 4.39 Å². The molecule has 0 saturated carbocycles. The van der Waals surface area contributed by atoms with Gasteiger partial charge in [0.05, 0.1) is 11.2 Å². The molecule has 3 heterocycles. The largest absolute Gasteiger partial charge is 0.358 e. The lowest BCUT2D eigenvalue weighted by Crippen LogP contribution is -2.46. The van der Waals surface area contributed by atoms with Crippen LogP contribution in [0.15, 0.2) is 36.7 Å². The number of aromatic amines is 1. The van der Waals surface area contributed by atoms with Gasteiger partial charge in [-0.1, -0.05) is 12.1 Å². The second kappa shape index (κ2) is 6.44. The number of H-pyrrole nitrogens is 1. The molecule has 6 heteroatoms. The first-order valence-electron chi connectivity index (χ1n) is 8.72. The maximum Gasteiger partial charge on any atom is 0.223 e. The molecule has 3 N–H and O–H groups in total. The SMILES string of the molecule is C[C@@H]1C[C@@H](Nc2nccc(-c3c[nH]c4c(F)cccc34)n2)C[C@H](C)N1. The Bertz CT molecular complexity index is 880. The highest BCUT2D eigenvalue weighted by atomic mass is 19.1. The van der Waals surface area contributed by atoms with Gasteiger partial charge in [-0.3, -0.25) is 0 Å². The average Bonchev–Trinajstić information content (AvgIpc) is 2.99. The molecular weight excluding hydrogens is 317 g/mol. The van der Waals surface area contributed by atoms with Crippen LogP contribution in [0.5, 0.6) is 0 Å². The molecule has 0 unspecified atom stereocenters. The highest BCUT2D eigenvalue weighted by Gasteiger charge is 2.23. The second-order valence-corrected chi connectivity index (χ2v) is 6.91. The molecule has 0 bridgehead atoms. The summed E-state index contributed by atoms with van der Waals surface area (Å²) in [7, 11) is 0. The molecule has 3 atom stereocenters. The Hall–Kier alpha value is -2.47. The Balaban J connectivity index is 1.62. The number of para-hydroxylation sites is 1. The van der Waals surface area contributed by atoms with E-state index in [9.17, 15) is 4.39 Å². The lowest BCUT2D eigenvalue weighted by molar-refractivity contribution is 0.329. The zero-order valence-electron chi connectivity index (χ0n) is 14.4. The normalized spacial score (nSPS) is 23.7. The standard InChI is InChI=1S/C19H22FN5/c1-11-8-13(9-12(2)23-11)24-19-21-7-6-17(25-19)15-10-22-18-14(15)4-3-5-16(18)20/h3-7,10-13,22-23H,8-9H2,1-2H3,(H,21,24,25)/t11-,12+,13-. The van der Waals surface area contributed by atoms with Gasteiger partial charge in [0, 0.05) is 41.5 Å². The fraction of sp³-hybridized carbons (Fsp3) is 0.368. The summed E-state index contributed by atoms with van der Waals surface area (Å²) in [5.41, 5.74) is 2.17. The first kappa shape index (κ1) is 16.0. The molecule has 0 amide bonds. The minimum absolute atomic E-state index is 0.256. The quantitative estimate of drug-likeness (QED) is 0.681.